The summed E-state index contributed by atoms with van der Waals surface area (Å²) in [4.78, 5) is 24.3. The predicted octanol–water partition coefficient (Wildman–Crippen LogP) is 5.36. The van der Waals surface area contributed by atoms with Crippen molar-refractivity contribution in [1.29, 1.82) is 0 Å². The molecule has 8 nitrogen and oxygen atoms in total. The zero-order chi connectivity index (χ0) is 24.8. The molecule has 0 atom stereocenters. The van der Waals surface area contributed by atoms with E-state index in [1.807, 2.05) is 24.7 Å². The second kappa shape index (κ2) is 8.86. The zero-order valence-corrected chi connectivity index (χ0v) is 19.9. The molecule has 6 aromatic rings. The lowest BCUT2D eigenvalue weighted by Gasteiger charge is -2.14. The highest BCUT2D eigenvalue weighted by atomic mass is 19.1. The van der Waals surface area contributed by atoms with Crippen molar-refractivity contribution in [2.24, 2.45) is 0 Å². The van der Waals surface area contributed by atoms with Crippen LogP contribution in [0.2, 0.25) is 0 Å². The molecular weight excluding hydrogens is 467 g/mol. The minimum absolute atomic E-state index is 0.290. The summed E-state index contributed by atoms with van der Waals surface area (Å²) in [6.45, 7) is 3.20. The fourth-order valence-corrected chi connectivity index (χ4v) is 5.04. The number of hydrogen-bond donors (Lipinski definition) is 2. The Balaban J connectivity index is 1.27. The lowest BCUT2D eigenvalue weighted by Crippen LogP contribution is -2.18. The number of pyridine rings is 3. The molecule has 1 aliphatic heterocycles. The molecule has 1 fully saturated rings. The van der Waals surface area contributed by atoms with Gasteiger partial charge in [-0.15, -0.1) is 0 Å². The number of halogens is 1. The van der Waals surface area contributed by atoms with Gasteiger partial charge in [-0.05, 0) is 74.0 Å². The largest absolute Gasteiger partial charge is 0.336 e. The number of likely N-dealkylation sites (tertiary alicyclic amines) is 1. The molecule has 0 unspecified atom stereocenters. The molecule has 182 valence electrons. The van der Waals surface area contributed by atoms with Crippen LogP contribution in [0.15, 0.2) is 67.3 Å². The van der Waals surface area contributed by atoms with Crippen molar-refractivity contribution in [1.82, 2.24) is 40.0 Å². The number of hydrogen-bond acceptors (Lipinski definition) is 6. The molecule has 2 N–H and O–H groups in total. The minimum Gasteiger partial charge on any atom is -0.336 e. The minimum atomic E-state index is -0.290. The highest BCUT2D eigenvalue weighted by Gasteiger charge is 2.18. The van der Waals surface area contributed by atoms with E-state index in [4.69, 9.17) is 4.98 Å². The van der Waals surface area contributed by atoms with Crippen LogP contribution in [0.1, 0.15) is 18.4 Å². The molecule has 37 heavy (non-hydrogen) atoms. The first-order valence-electron chi connectivity index (χ1n) is 12.3. The van der Waals surface area contributed by atoms with Crippen LogP contribution in [-0.2, 0) is 6.54 Å². The number of rotatable bonds is 5. The molecule has 0 radical (unpaired) electrons. The Labute approximate surface area is 211 Å². The van der Waals surface area contributed by atoms with E-state index in [9.17, 15) is 4.39 Å². The summed E-state index contributed by atoms with van der Waals surface area (Å²) in [6.07, 6.45) is 9.90. The number of benzene rings is 1. The lowest BCUT2D eigenvalue weighted by molar-refractivity contribution is 0.331. The standard InChI is InChI=1S/C28H23FN8/c29-21-5-3-18(4-6-21)24-26-23(7-8-31-24)33-28(34-26)25-22-12-20(15-32-27(22)36-35-25)19-11-17(13-30-14-19)16-37-9-1-2-10-37/h3-8,11-15H,1-2,9-10,16H2,(H,33,34)(H,32,35,36). The quantitative estimate of drug-likeness (QED) is 0.338. The summed E-state index contributed by atoms with van der Waals surface area (Å²) >= 11 is 0. The zero-order valence-electron chi connectivity index (χ0n) is 19.9. The van der Waals surface area contributed by atoms with Gasteiger partial charge in [0.2, 0.25) is 0 Å². The van der Waals surface area contributed by atoms with E-state index in [2.05, 4.69) is 47.2 Å². The van der Waals surface area contributed by atoms with Crippen LogP contribution in [0.4, 0.5) is 4.39 Å². The van der Waals surface area contributed by atoms with Gasteiger partial charge in [0.15, 0.2) is 11.5 Å². The number of nitrogens with zero attached hydrogens (tertiary/aromatic N) is 6. The third-order valence-corrected chi connectivity index (χ3v) is 6.89. The van der Waals surface area contributed by atoms with Crippen LogP contribution >= 0.6 is 0 Å². The average molecular weight is 491 g/mol. The molecule has 0 aliphatic carbocycles. The third-order valence-electron chi connectivity index (χ3n) is 6.89. The predicted molar refractivity (Wildman–Crippen MR) is 140 cm³/mol. The third kappa shape index (κ3) is 4.03. The Kier molecular flexibility index (Phi) is 5.21. The van der Waals surface area contributed by atoms with Gasteiger partial charge in [0, 0.05) is 48.0 Å². The van der Waals surface area contributed by atoms with Crippen LogP contribution in [0.5, 0.6) is 0 Å². The van der Waals surface area contributed by atoms with Crippen LogP contribution in [0.3, 0.4) is 0 Å². The van der Waals surface area contributed by atoms with E-state index >= 15 is 0 Å². The highest BCUT2D eigenvalue weighted by Crippen LogP contribution is 2.31. The Morgan fingerprint density at radius 3 is 2.57 bits per heavy atom. The molecule has 0 saturated carbocycles. The van der Waals surface area contributed by atoms with Crippen LogP contribution in [0.25, 0.3) is 56.0 Å². The monoisotopic (exact) mass is 490 g/mol. The van der Waals surface area contributed by atoms with Gasteiger partial charge < -0.3 is 4.98 Å². The number of H-pyrrole nitrogens is 2. The molecule has 1 aromatic carbocycles. The topological polar surface area (TPSA) is 99.3 Å². The SMILES string of the molecule is Fc1ccc(-c2nccc3[nH]c(-c4n[nH]c5ncc(-c6cncc(CN7CCCC7)c6)cc45)nc23)cc1. The van der Waals surface area contributed by atoms with E-state index in [0.717, 1.165) is 47.2 Å². The summed E-state index contributed by atoms with van der Waals surface area (Å²) in [6, 6.07) is 12.4. The van der Waals surface area contributed by atoms with Crippen molar-refractivity contribution in [3.8, 4) is 33.9 Å². The molecular formula is C28H23FN8. The Hall–Kier alpha value is -4.50. The Bertz CT molecular complexity index is 1730. The molecule has 0 amide bonds. The van der Waals surface area contributed by atoms with Crippen molar-refractivity contribution >= 4 is 22.1 Å². The van der Waals surface area contributed by atoms with E-state index < -0.39 is 0 Å². The van der Waals surface area contributed by atoms with Gasteiger partial charge >= 0.3 is 0 Å². The highest BCUT2D eigenvalue weighted by molar-refractivity contribution is 5.96. The van der Waals surface area contributed by atoms with E-state index in [1.165, 1.54) is 30.5 Å². The fourth-order valence-electron chi connectivity index (χ4n) is 5.04. The Morgan fingerprint density at radius 1 is 0.865 bits per heavy atom. The molecule has 1 saturated heterocycles. The van der Waals surface area contributed by atoms with Crippen molar-refractivity contribution in [2.75, 3.05) is 13.1 Å². The van der Waals surface area contributed by atoms with Crippen LogP contribution in [-0.4, -0.2) is 53.1 Å². The number of aromatic nitrogens is 7. The fraction of sp³-hybridized carbons (Fsp3) is 0.179. The number of aromatic amines is 2. The summed E-state index contributed by atoms with van der Waals surface area (Å²) in [5.74, 6) is 0.319. The van der Waals surface area contributed by atoms with Gasteiger partial charge in [0.25, 0.3) is 0 Å². The maximum Gasteiger partial charge on any atom is 0.159 e. The lowest BCUT2D eigenvalue weighted by atomic mass is 10.1. The van der Waals surface area contributed by atoms with Gasteiger partial charge in [-0.1, -0.05) is 0 Å². The maximum absolute atomic E-state index is 13.5. The Morgan fingerprint density at radius 2 is 1.70 bits per heavy atom. The summed E-state index contributed by atoms with van der Waals surface area (Å²) in [5, 5.41) is 8.40. The average Bonchev–Trinajstić information content (AvgIpc) is 3.68. The van der Waals surface area contributed by atoms with E-state index in [0.29, 0.717) is 28.4 Å². The number of nitrogens with one attached hydrogen (secondary N) is 2. The first-order chi connectivity index (χ1) is 18.2. The maximum atomic E-state index is 13.5. The van der Waals surface area contributed by atoms with Crippen molar-refractivity contribution in [3.05, 3.63) is 78.6 Å². The van der Waals surface area contributed by atoms with Crippen LogP contribution < -0.4 is 0 Å². The van der Waals surface area contributed by atoms with E-state index in [-0.39, 0.29) is 5.82 Å². The van der Waals surface area contributed by atoms with Gasteiger partial charge in [-0.25, -0.2) is 14.4 Å². The summed E-state index contributed by atoms with van der Waals surface area (Å²) in [7, 11) is 0. The van der Waals surface area contributed by atoms with Gasteiger partial charge in [0.1, 0.15) is 17.0 Å². The number of fused-ring (bicyclic) bond motifs is 2. The normalized spacial score (nSPS) is 14.2. The van der Waals surface area contributed by atoms with Gasteiger partial charge in [-0.2, -0.15) is 5.10 Å². The molecule has 9 heteroatoms. The smallest absolute Gasteiger partial charge is 0.159 e. The molecule has 0 spiro atoms. The molecule has 7 rings (SSSR count). The molecule has 1 aliphatic rings. The van der Waals surface area contributed by atoms with Crippen LogP contribution in [0, 0.1) is 5.82 Å². The second-order valence-corrected chi connectivity index (χ2v) is 9.41. The first kappa shape index (κ1) is 21.8. The first-order valence-corrected chi connectivity index (χ1v) is 12.3. The van der Waals surface area contributed by atoms with Gasteiger partial charge in [-0.3, -0.25) is 20.0 Å². The number of imidazole rings is 1. The molecule has 5 aromatic heterocycles. The van der Waals surface area contributed by atoms with E-state index in [1.54, 1.807) is 18.3 Å². The summed E-state index contributed by atoms with van der Waals surface area (Å²) in [5.41, 5.74) is 7.53. The van der Waals surface area contributed by atoms with Gasteiger partial charge in [0.05, 0.1) is 16.6 Å². The molecule has 6 heterocycles. The second-order valence-electron chi connectivity index (χ2n) is 9.41. The van der Waals surface area contributed by atoms with Crippen molar-refractivity contribution in [2.45, 2.75) is 19.4 Å². The molecule has 0 bridgehead atoms. The van der Waals surface area contributed by atoms with Crippen molar-refractivity contribution in [3.63, 3.8) is 0 Å². The summed E-state index contributed by atoms with van der Waals surface area (Å²) < 4.78 is 13.5. The van der Waals surface area contributed by atoms with Crippen molar-refractivity contribution < 1.29 is 4.39 Å².